The van der Waals surface area contributed by atoms with Crippen molar-refractivity contribution in [3.05, 3.63) is 259 Å². The van der Waals surface area contributed by atoms with Gasteiger partial charge >= 0.3 is 0 Å². The normalized spacial score (nSPS) is 11.6. The number of anilines is 12. The quantitative estimate of drug-likeness (QED) is 0.0379. The van der Waals surface area contributed by atoms with Gasteiger partial charge in [0.05, 0.1) is 61.5 Å². The molecule has 0 fully saturated rings. The molecular weight excluding hydrogens is 1670 g/mol. The molecule has 35 nitrogen and oxygen atoms in total. The lowest BCUT2D eigenvalue weighted by Crippen LogP contribution is -2.09. The molecule has 16 heterocycles. The average Bonchev–Trinajstić information content (AvgIpc) is 1.65. The minimum Gasteiger partial charge on any atom is -0.356 e. The zero-order valence-electron chi connectivity index (χ0n) is 73.7. The smallest absolute Gasteiger partial charge is 0.201 e. The molecule has 0 aliphatic heterocycles. The van der Waals surface area contributed by atoms with E-state index in [0.29, 0.717) is 34.1 Å². The van der Waals surface area contributed by atoms with Crippen LogP contribution >= 0.6 is 0 Å². The predicted molar refractivity (Wildman–Crippen MR) is 513 cm³/mol. The van der Waals surface area contributed by atoms with Gasteiger partial charge in [-0.2, -0.15) is 30.6 Å². The number of rotatable bonds is 18. The summed E-state index contributed by atoms with van der Waals surface area (Å²) in [6.07, 6.45) is 13.6. The number of hydrogen-bond donors (Lipinski definition) is 12. The van der Waals surface area contributed by atoms with Gasteiger partial charge in [-0.15, -0.1) is 0 Å². The fourth-order valence-corrected chi connectivity index (χ4v) is 15.3. The van der Waals surface area contributed by atoms with E-state index in [1.807, 2.05) is 188 Å². The van der Waals surface area contributed by atoms with E-state index in [2.05, 4.69) is 224 Å². The minimum atomic E-state index is 0.169. The summed E-state index contributed by atoms with van der Waals surface area (Å²) in [5, 5.41) is 98.0. The number of para-hydroxylation sites is 2. The summed E-state index contributed by atoms with van der Waals surface area (Å²) in [7, 11) is 0. The third-order valence-corrected chi connectivity index (χ3v) is 21.7. The third-order valence-electron chi connectivity index (χ3n) is 21.7. The average molecular weight is 1760 g/mol. The number of aryl methyl sites for hydroxylation is 4. The van der Waals surface area contributed by atoms with Gasteiger partial charge in [-0.05, 0) is 183 Å². The Balaban J connectivity index is 0.000000102. The minimum absolute atomic E-state index is 0.169. The number of H-pyrrole nitrogens is 6. The van der Waals surface area contributed by atoms with Crippen LogP contribution in [0, 0.1) is 10.8 Å². The number of pyridine rings is 3. The zero-order valence-corrected chi connectivity index (χ0v) is 73.7. The lowest BCUT2D eigenvalue weighted by atomic mass is 9.89. The van der Waals surface area contributed by atoms with Gasteiger partial charge in [0.15, 0.2) is 73.6 Å². The predicted octanol–water partition coefficient (Wildman–Crippen LogP) is 23.1. The van der Waals surface area contributed by atoms with Crippen molar-refractivity contribution in [3.8, 4) is 0 Å². The highest BCUT2D eigenvalue weighted by Gasteiger charge is 2.22. The maximum atomic E-state index is 5.52. The molecule has 0 aliphatic carbocycles. The summed E-state index contributed by atoms with van der Waals surface area (Å²) in [5.74, 6) is 4.63. The van der Waals surface area contributed by atoms with Gasteiger partial charge in [-0.1, -0.05) is 124 Å². The molecule has 0 aliphatic rings. The van der Waals surface area contributed by atoms with Crippen molar-refractivity contribution >= 4 is 201 Å². The number of nitrogens with zero attached hydrogens (tertiary/aromatic N) is 17. The van der Waals surface area contributed by atoms with Crippen LogP contribution in [-0.2, 0) is 38.5 Å². The fourth-order valence-electron chi connectivity index (χ4n) is 15.3. The first-order valence-electron chi connectivity index (χ1n) is 43.2. The van der Waals surface area contributed by atoms with Gasteiger partial charge in [0.25, 0.3) is 0 Å². The maximum Gasteiger partial charge on any atom is 0.201 e. The molecule has 12 N–H and O–H groups in total. The van der Waals surface area contributed by atoms with E-state index in [0.717, 1.165) is 240 Å². The van der Waals surface area contributed by atoms with E-state index in [-0.39, 0.29) is 10.8 Å². The lowest BCUT2D eigenvalue weighted by molar-refractivity contribution is 0.382. The molecule has 0 amide bonds. The van der Waals surface area contributed by atoms with Crippen molar-refractivity contribution in [2.24, 2.45) is 10.8 Å². The van der Waals surface area contributed by atoms with Gasteiger partial charge in [0.2, 0.25) is 5.65 Å². The first-order valence-corrected chi connectivity index (χ1v) is 43.2. The highest BCUT2D eigenvalue weighted by Crippen LogP contribution is 2.37. The molecular formula is C97H91N29O6. The van der Waals surface area contributed by atoms with E-state index in [9.17, 15) is 0 Å². The summed E-state index contributed by atoms with van der Waals surface area (Å²) in [5.41, 5.74) is 22.7. The van der Waals surface area contributed by atoms with Gasteiger partial charge < -0.3 is 59.0 Å². The second-order valence-corrected chi connectivity index (χ2v) is 33.7. The van der Waals surface area contributed by atoms with Crippen LogP contribution in [0.15, 0.2) is 252 Å². The summed E-state index contributed by atoms with van der Waals surface area (Å²) in [6, 6.07) is 63.4. The Kier molecular flexibility index (Phi) is 23.4. The van der Waals surface area contributed by atoms with E-state index >= 15 is 0 Å². The second kappa shape index (κ2) is 36.6. The number of hydrogen-bond acceptors (Lipinski definition) is 29. The number of fused-ring (bicyclic) bond motifs is 12. The maximum absolute atomic E-state index is 5.52. The Morgan fingerprint density at radius 3 is 0.955 bits per heavy atom. The lowest BCUT2D eigenvalue weighted by Gasteiger charge is -2.15. The van der Waals surface area contributed by atoms with Gasteiger partial charge in [-0.25, -0.2) is 19.9 Å². The molecule has 132 heavy (non-hydrogen) atoms. The number of nitrogens with one attached hydrogen (secondary N) is 12. The van der Waals surface area contributed by atoms with Crippen molar-refractivity contribution in [1.29, 1.82) is 0 Å². The molecule has 16 aromatic heterocycles. The van der Waals surface area contributed by atoms with Crippen LogP contribution in [0.5, 0.6) is 0 Å². The van der Waals surface area contributed by atoms with Crippen molar-refractivity contribution in [1.82, 2.24) is 117 Å². The van der Waals surface area contributed by atoms with Crippen molar-refractivity contribution in [3.63, 3.8) is 0 Å². The summed E-state index contributed by atoms with van der Waals surface area (Å²) >= 11 is 0. The van der Waals surface area contributed by atoms with E-state index in [1.165, 1.54) is 0 Å². The molecule has 24 aromatic rings. The highest BCUT2D eigenvalue weighted by atomic mass is 16.5. The first-order chi connectivity index (χ1) is 64.4. The Hall–Kier alpha value is -17.3. The van der Waals surface area contributed by atoms with E-state index < -0.39 is 0 Å². The van der Waals surface area contributed by atoms with Crippen LogP contribution in [-0.4, -0.2) is 117 Å². The molecule has 0 unspecified atom stereocenters. The largest absolute Gasteiger partial charge is 0.356 e. The van der Waals surface area contributed by atoms with Crippen LogP contribution in [0.2, 0.25) is 0 Å². The zero-order chi connectivity index (χ0) is 90.4. The standard InChI is InChI=1S/C19H20N4O.C18H19N5O.C16H14N4O.2C15H13N5O.C14H12N6O/c1-19(2,3)11-16-13-9-8-12(10-17(13)24-23-16)20-18-14-6-4-5-7-15(14)21-22-18;1-18(2,3)10-14-12-7-6-11(9-15(12)24-23-14)20-17-13-5-4-8-19-16(13)21-22-17;1-2-13-11-8-7-10(9-15(11)21-20-13)17-16-12-5-3-4-6-14(12)18-19-16;1-2-12-10-6-5-9(8-13(10)21-20-12)17-15-11-4-3-7-16-14(11)18-19-15;1-2-11-10-6-5-9(8-13(10)21-20-11)17-15-14-12(18-19-15)4-3-7-16-14;1-2-10-9-4-3-8(7-11(9)21-20-10)17-14-12-13(18-19-14)16-6-5-15-12/h4-10H,11H2,1-3H3,(H2,20,21,22);4-9H,10H2,1-3H3,(H2,19,20,21,22);3-9H,2H2,1H3,(H2,17,18,19);3-8H,2H2,1H3,(H2,16,17,18,19);3-8H,2H2,1H3,(H2,17,18,19);3-7H,2H2,1H3,(H2,16,17,18,19). The number of aromatic amines is 6. The molecule has 8 aromatic carbocycles. The van der Waals surface area contributed by atoms with Gasteiger partial charge in [0, 0.05) is 145 Å². The van der Waals surface area contributed by atoms with Crippen molar-refractivity contribution in [2.75, 3.05) is 31.9 Å². The van der Waals surface area contributed by atoms with E-state index in [1.54, 1.807) is 31.0 Å². The van der Waals surface area contributed by atoms with E-state index in [4.69, 9.17) is 27.1 Å². The monoisotopic (exact) mass is 1760 g/mol. The van der Waals surface area contributed by atoms with Crippen LogP contribution in [0.4, 0.5) is 69.0 Å². The van der Waals surface area contributed by atoms with Crippen molar-refractivity contribution in [2.45, 2.75) is 108 Å². The molecule has 24 rings (SSSR count). The topological polar surface area (TPSA) is 465 Å². The van der Waals surface area contributed by atoms with Crippen molar-refractivity contribution < 1.29 is 27.1 Å². The molecule has 0 saturated carbocycles. The SMILES string of the molecule is CC(C)(C)Cc1noc2cc(Nc3[nH]nc4ncccc34)ccc12.CC(C)(C)Cc1noc2cc(Nc3n[nH]c4ccccc34)ccc12.CCc1noc2cc(Nc3[nH]nc4ncccc34)ccc12.CCc1noc2cc(Nc3[nH]nc4nccnc34)ccc12.CCc1noc2cc(Nc3n[nH]c4ccccc34)ccc12.CCc1noc2cc(Nc3n[nH]c4cccnc34)ccc12. The van der Waals surface area contributed by atoms with Gasteiger partial charge in [0.1, 0.15) is 17.2 Å². The molecule has 0 spiro atoms. The van der Waals surface area contributed by atoms with Crippen LogP contribution in [0.3, 0.4) is 0 Å². The highest BCUT2D eigenvalue weighted by molar-refractivity contribution is 5.97. The summed E-state index contributed by atoms with van der Waals surface area (Å²) in [6.45, 7) is 21.4. The Morgan fingerprint density at radius 1 is 0.250 bits per heavy atom. The van der Waals surface area contributed by atoms with Crippen LogP contribution in [0.25, 0.3) is 132 Å². The molecule has 0 saturated heterocycles. The Bertz CT molecular complexity index is 7380. The second-order valence-electron chi connectivity index (χ2n) is 33.7. The summed E-state index contributed by atoms with van der Waals surface area (Å²) in [4.78, 5) is 21.1. The molecule has 0 bridgehead atoms. The Labute approximate surface area is 750 Å². The molecule has 35 heteroatoms. The Morgan fingerprint density at radius 2 is 0.545 bits per heavy atom. The first kappa shape index (κ1) is 84.2. The molecule has 660 valence electrons. The third kappa shape index (κ3) is 18.4. The number of benzene rings is 8. The molecule has 0 atom stereocenters. The van der Waals surface area contributed by atoms with Crippen LogP contribution in [0.1, 0.15) is 103 Å². The summed E-state index contributed by atoms with van der Waals surface area (Å²) < 4.78 is 32.5. The van der Waals surface area contributed by atoms with Crippen LogP contribution < -0.4 is 31.9 Å². The number of aromatic nitrogens is 23. The van der Waals surface area contributed by atoms with Gasteiger partial charge in [-0.3, -0.25) is 35.6 Å². The molecule has 0 radical (unpaired) electrons. The fraction of sp³-hybridized carbons (Fsp3) is 0.186.